The van der Waals surface area contributed by atoms with E-state index in [2.05, 4.69) is 30.7 Å². The second kappa shape index (κ2) is 10.4. The van der Waals surface area contributed by atoms with Gasteiger partial charge in [-0.3, -0.25) is 9.79 Å². The van der Waals surface area contributed by atoms with E-state index in [1.165, 1.54) is 12.8 Å². The van der Waals surface area contributed by atoms with Gasteiger partial charge in [0.2, 0.25) is 5.91 Å². The summed E-state index contributed by atoms with van der Waals surface area (Å²) < 4.78 is 0. The van der Waals surface area contributed by atoms with Gasteiger partial charge in [-0.05, 0) is 26.2 Å². The van der Waals surface area contributed by atoms with Crippen molar-refractivity contribution in [2.75, 3.05) is 0 Å². The lowest BCUT2D eigenvalue weighted by atomic mass is 10.0. The zero-order chi connectivity index (χ0) is 15.5. The van der Waals surface area contributed by atoms with Gasteiger partial charge in [0.25, 0.3) is 0 Å². The molecule has 0 aliphatic rings. The molecule has 3 heteroatoms. The van der Waals surface area contributed by atoms with E-state index in [9.17, 15) is 4.79 Å². The summed E-state index contributed by atoms with van der Waals surface area (Å²) in [5, 5.41) is 2.95. The van der Waals surface area contributed by atoms with E-state index in [4.69, 9.17) is 0 Å². The number of rotatable bonds is 9. The molecule has 0 radical (unpaired) electrons. The average molecular weight is 278 g/mol. The van der Waals surface area contributed by atoms with Gasteiger partial charge in [-0.15, -0.1) is 0 Å². The Morgan fingerprint density at radius 1 is 1.40 bits per heavy atom. The van der Waals surface area contributed by atoms with Crippen LogP contribution in [0.15, 0.2) is 29.0 Å². The van der Waals surface area contributed by atoms with Gasteiger partial charge in [-0.2, -0.15) is 0 Å². The number of carbonyl (C=O) groups excluding carboxylic acids is 1. The van der Waals surface area contributed by atoms with Gasteiger partial charge < -0.3 is 5.32 Å². The van der Waals surface area contributed by atoms with Crippen LogP contribution in [-0.2, 0) is 4.79 Å². The van der Waals surface area contributed by atoms with Crippen molar-refractivity contribution in [3.8, 4) is 0 Å². The van der Waals surface area contributed by atoms with E-state index >= 15 is 0 Å². The Hall–Kier alpha value is -1.38. The smallest absolute Gasteiger partial charge is 0.224 e. The predicted molar refractivity (Wildman–Crippen MR) is 87.7 cm³/mol. The van der Waals surface area contributed by atoms with Gasteiger partial charge >= 0.3 is 0 Å². The first kappa shape index (κ1) is 18.6. The highest BCUT2D eigenvalue weighted by Gasteiger charge is 2.11. The summed E-state index contributed by atoms with van der Waals surface area (Å²) in [5.41, 5.74) is 2.42. The van der Waals surface area contributed by atoms with Crippen LogP contribution in [0.3, 0.4) is 0 Å². The topological polar surface area (TPSA) is 41.5 Å². The summed E-state index contributed by atoms with van der Waals surface area (Å²) in [6, 6.07) is 0. The van der Waals surface area contributed by atoms with Crippen molar-refractivity contribution in [3.63, 3.8) is 0 Å². The third-order valence-electron chi connectivity index (χ3n) is 3.27. The molecule has 3 nitrogen and oxygen atoms in total. The number of amides is 1. The molecule has 1 amide bonds. The third kappa shape index (κ3) is 7.93. The maximum Gasteiger partial charge on any atom is 0.224 e. The molecule has 0 aliphatic carbocycles. The van der Waals surface area contributed by atoms with Crippen molar-refractivity contribution >= 4 is 11.6 Å². The molecule has 20 heavy (non-hydrogen) atoms. The van der Waals surface area contributed by atoms with Crippen LogP contribution >= 0.6 is 0 Å². The highest BCUT2D eigenvalue weighted by molar-refractivity contribution is 6.01. The zero-order valence-electron chi connectivity index (χ0n) is 13.8. The molecule has 0 heterocycles. The fourth-order valence-corrected chi connectivity index (χ4v) is 1.92. The second-order valence-corrected chi connectivity index (χ2v) is 5.32. The number of hydrogen-bond acceptors (Lipinski definition) is 2. The molecular formula is C17H30N2O. The van der Waals surface area contributed by atoms with Gasteiger partial charge in [-0.25, -0.2) is 0 Å². The van der Waals surface area contributed by atoms with Crippen molar-refractivity contribution < 1.29 is 4.79 Å². The minimum absolute atomic E-state index is 0.0679. The van der Waals surface area contributed by atoms with Gasteiger partial charge in [0.05, 0.1) is 11.4 Å². The minimum Gasteiger partial charge on any atom is -0.325 e. The van der Waals surface area contributed by atoms with Crippen molar-refractivity contribution in [2.45, 2.75) is 66.7 Å². The lowest BCUT2D eigenvalue weighted by molar-refractivity contribution is -0.121. The number of allylic oxidation sites excluding steroid dienone is 3. The first-order valence-corrected chi connectivity index (χ1v) is 7.64. The molecule has 0 fully saturated rings. The monoisotopic (exact) mass is 278 g/mol. The Bertz CT molecular complexity index is 380. The van der Waals surface area contributed by atoms with Crippen LogP contribution in [0.2, 0.25) is 0 Å². The molecule has 1 N–H and O–H groups in total. The van der Waals surface area contributed by atoms with E-state index in [1.807, 2.05) is 26.8 Å². The van der Waals surface area contributed by atoms with Gasteiger partial charge in [0.1, 0.15) is 0 Å². The fraction of sp³-hybridized carbons (Fsp3) is 0.647. The average Bonchev–Trinajstić information content (AvgIpc) is 2.41. The third-order valence-corrected chi connectivity index (χ3v) is 3.27. The number of carbonyl (C=O) groups is 1. The maximum atomic E-state index is 12.0. The van der Waals surface area contributed by atoms with Crippen molar-refractivity contribution in [3.05, 3.63) is 24.0 Å². The van der Waals surface area contributed by atoms with E-state index in [1.54, 1.807) is 0 Å². The highest BCUT2D eigenvalue weighted by Crippen LogP contribution is 2.12. The fourth-order valence-electron chi connectivity index (χ4n) is 1.92. The standard InChI is InChI=1S/C17H30N2O/c1-7-10-11-13(4)12-17(20)19-16(9-3)15(6)18-14(5)8-2/h9,13H,5,7-8,10-12H2,1-4,6H3,(H,19,20)/b16-9+,18-15?/t13-/m0/s1. The molecule has 0 aliphatic heterocycles. The molecule has 0 spiro atoms. The second-order valence-electron chi connectivity index (χ2n) is 5.32. The van der Waals surface area contributed by atoms with Crippen LogP contribution in [0.4, 0.5) is 0 Å². The molecule has 0 saturated carbocycles. The highest BCUT2D eigenvalue weighted by atomic mass is 16.1. The van der Waals surface area contributed by atoms with E-state index < -0.39 is 0 Å². The van der Waals surface area contributed by atoms with Gasteiger partial charge in [0.15, 0.2) is 0 Å². The number of unbranched alkanes of at least 4 members (excludes halogenated alkanes) is 1. The van der Waals surface area contributed by atoms with Crippen LogP contribution < -0.4 is 5.32 Å². The molecule has 0 unspecified atom stereocenters. The number of nitrogens with one attached hydrogen (secondary N) is 1. The summed E-state index contributed by atoms with van der Waals surface area (Å²) >= 11 is 0. The molecule has 0 bridgehead atoms. The molecular weight excluding hydrogens is 248 g/mol. The zero-order valence-corrected chi connectivity index (χ0v) is 13.8. The summed E-state index contributed by atoms with van der Waals surface area (Å²) in [6.45, 7) is 14.0. The van der Waals surface area contributed by atoms with Crippen molar-refractivity contribution in [1.29, 1.82) is 0 Å². The lowest BCUT2D eigenvalue weighted by Gasteiger charge is -2.13. The Kier molecular flexibility index (Phi) is 9.69. The lowest BCUT2D eigenvalue weighted by Crippen LogP contribution is -2.27. The van der Waals surface area contributed by atoms with Crippen LogP contribution in [0, 0.1) is 5.92 Å². The first-order valence-electron chi connectivity index (χ1n) is 7.64. The predicted octanol–water partition coefficient (Wildman–Crippen LogP) is 4.61. The Morgan fingerprint density at radius 3 is 2.55 bits per heavy atom. The van der Waals surface area contributed by atoms with Crippen LogP contribution in [0.25, 0.3) is 0 Å². The van der Waals surface area contributed by atoms with Crippen LogP contribution in [0.5, 0.6) is 0 Å². The SMILES string of the molecule is C=C(CC)N=C(C)/C(=C\C)NC(=O)C[C@@H](C)CCCC. The summed E-state index contributed by atoms with van der Waals surface area (Å²) in [6.07, 6.45) is 6.74. The van der Waals surface area contributed by atoms with Crippen molar-refractivity contribution in [1.82, 2.24) is 5.32 Å². The van der Waals surface area contributed by atoms with E-state index in [0.29, 0.717) is 12.3 Å². The Labute approximate surface area is 124 Å². The number of aliphatic imine (C=N–C) groups is 1. The number of nitrogens with zero attached hydrogens (tertiary/aromatic N) is 1. The molecule has 0 aromatic carbocycles. The molecule has 0 rings (SSSR count). The van der Waals surface area contributed by atoms with Crippen LogP contribution in [-0.4, -0.2) is 11.6 Å². The summed E-state index contributed by atoms with van der Waals surface area (Å²) in [5.74, 6) is 0.495. The molecule has 0 saturated heterocycles. The summed E-state index contributed by atoms with van der Waals surface area (Å²) in [4.78, 5) is 16.4. The number of hydrogen-bond donors (Lipinski definition) is 1. The first-order chi connectivity index (χ1) is 9.44. The Morgan fingerprint density at radius 2 is 2.05 bits per heavy atom. The normalized spacial score (nSPS) is 14.1. The largest absolute Gasteiger partial charge is 0.325 e. The van der Waals surface area contributed by atoms with Crippen molar-refractivity contribution in [2.24, 2.45) is 10.9 Å². The molecule has 0 aromatic heterocycles. The van der Waals surface area contributed by atoms with Crippen LogP contribution in [0.1, 0.15) is 66.7 Å². The molecule has 114 valence electrons. The minimum atomic E-state index is 0.0679. The Balaban J connectivity index is 4.47. The maximum absolute atomic E-state index is 12.0. The van der Waals surface area contributed by atoms with Gasteiger partial charge in [0, 0.05) is 12.1 Å². The van der Waals surface area contributed by atoms with Gasteiger partial charge in [-0.1, -0.05) is 52.7 Å². The molecule has 0 aromatic rings. The summed E-state index contributed by atoms with van der Waals surface area (Å²) in [7, 11) is 0. The molecule has 1 atom stereocenters. The van der Waals surface area contributed by atoms with E-state index in [-0.39, 0.29) is 5.91 Å². The van der Waals surface area contributed by atoms with E-state index in [0.717, 1.165) is 29.9 Å². The quantitative estimate of drug-likeness (QED) is 0.615.